The van der Waals surface area contributed by atoms with Crippen LogP contribution < -0.4 is 0 Å². The minimum absolute atomic E-state index is 0.176. The molecule has 0 N–H and O–H groups in total. The molecule has 0 saturated carbocycles. The number of benzene rings is 1. The van der Waals surface area contributed by atoms with Crippen LogP contribution in [0.15, 0.2) is 28.7 Å². The Morgan fingerprint density at radius 3 is 2.68 bits per heavy atom. The first-order chi connectivity index (χ1) is 9.10. The van der Waals surface area contributed by atoms with Crippen molar-refractivity contribution in [3.63, 3.8) is 0 Å². The Bertz CT molecular complexity index is 409. The first kappa shape index (κ1) is 16.3. The summed E-state index contributed by atoms with van der Waals surface area (Å²) in [6.45, 7) is 6.61. The predicted octanol–water partition coefficient (Wildman–Crippen LogP) is 3.38. The summed E-state index contributed by atoms with van der Waals surface area (Å²) in [6, 6.07) is 7.91. The zero-order chi connectivity index (χ0) is 14.3. The summed E-state index contributed by atoms with van der Waals surface area (Å²) < 4.78 is 6.03. The van der Waals surface area contributed by atoms with Crippen LogP contribution >= 0.6 is 15.9 Å². The summed E-state index contributed by atoms with van der Waals surface area (Å²) in [7, 11) is 1.70. The van der Waals surface area contributed by atoms with Gasteiger partial charge in [0, 0.05) is 36.2 Å². The first-order valence-corrected chi connectivity index (χ1v) is 7.40. The highest BCUT2D eigenvalue weighted by Crippen LogP contribution is 2.17. The number of ether oxygens (including phenoxy) is 1. The molecule has 0 fully saturated rings. The van der Waals surface area contributed by atoms with Crippen molar-refractivity contribution in [3.05, 3.63) is 34.3 Å². The largest absolute Gasteiger partial charge is 0.383 e. The molecule has 0 amide bonds. The van der Waals surface area contributed by atoms with Gasteiger partial charge in [0.15, 0.2) is 5.78 Å². The molecule has 0 aromatic heterocycles. The van der Waals surface area contributed by atoms with E-state index >= 15 is 0 Å². The maximum absolute atomic E-state index is 12.2. The van der Waals surface area contributed by atoms with E-state index < -0.39 is 0 Å². The molecule has 0 heterocycles. The fourth-order valence-electron chi connectivity index (χ4n) is 2.10. The molecule has 1 rings (SSSR count). The number of hydrogen-bond donors (Lipinski definition) is 0. The number of hydrogen-bond acceptors (Lipinski definition) is 3. The van der Waals surface area contributed by atoms with Crippen LogP contribution in [-0.4, -0.2) is 43.5 Å². The van der Waals surface area contributed by atoms with Crippen LogP contribution in [0.2, 0.25) is 0 Å². The SMILES string of the molecule is CCN(CCC(=O)c1ccccc1Br)C(C)COC. The lowest BCUT2D eigenvalue weighted by Gasteiger charge is -2.26. The van der Waals surface area contributed by atoms with Crippen LogP contribution in [0.1, 0.15) is 30.6 Å². The zero-order valence-corrected chi connectivity index (χ0v) is 13.4. The van der Waals surface area contributed by atoms with Crippen molar-refractivity contribution in [2.75, 3.05) is 26.8 Å². The molecule has 1 unspecified atom stereocenters. The second kappa shape index (κ2) is 8.46. The molecule has 0 aliphatic rings. The maximum atomic E-state index is 12.2. The lowest BCUT2D eigenvalue weighted by atomic mass is 10.1. The highest BCUT2D eigenvalue weighted by atomic mass is 79.9. The Balaban J connectivity index is 2.56. The monoisotopic (exact) mass is 327 g/mol. The Labute approximate surface area is 124 Å². The molecule has 4 heteroatoms. The molecular formula is C15H22BrNO2. The Morgan fingerprint density at radius 1 is 1.42 bits per heavy atom. The molecular weight excluding hydrogens is 306 g/mol. The molecule has 0 bridgehead atoms. The van der Waals surface area contributed by atoms with Gasteiger partial charge in [0.2, 0.25) is 0 Å². The standard InChI is InChI=1S/C15H22BrNO2/c1-4-17(12(2)11-19-3)10-9-15(18)13-7-5-6-8-14(13)16/h5-8,12H,4,9-11H2,1-3H3. The van der Waals surface area contributed by atoms with E-state index in [4.69, 9.17) is 4.74 Å². The maximum Gasteiger partial charge on any atom is 0.165 e. The van der Waals surface area contributed by atoms with Crippen LogP contribution in [0, 0.1) is 0 Å². The van der Waals surface area contributed by atoms with Gasteiger partial charge in [-0.15, -0.1) is 0 Å². The molecule has 1 aromatic rings. The van der Waals surface area contributed by atoms with Gasteiger partial charge in [-0.3, -0.25) is 9.69 Å². The molecule has 0 saturated heterocycles. The zero-order valence-electron chi connectivity index (χ0n) is 11.9. The molecule has 1 atom stereocenters. The molecule has 3 nitrogen and oxygen atoms in total. The summed E-state index contributed by atoms with van der Waals surface area (Å²) in [5.41, 5.74) is 0.762. The highest BCUT2D eigenvalue weighted by molar-refractivity contribution is 9.10. The average Bonchev–Trinajstić information content (AvgIpc) is 2.40. The number of Topliss-reactive ketones (excluding diaryl/α,β-unsaturated/α-hetero) is 1. The number of halogens is 1. The van der Waals surface area contributed by atoms with Gasteiger partial charge in [-0.25, -0.2) is 0 Å². The van der Waals surface area contributed by atoms with E-state index in [0.29, 0.717) is 19.1 Å². The van der Waals surface area contributed by atoms with Crippen molar-refractivity contribution in [3.8, 4) is 0 Å². The van der Waals surface area contributed by atoms with Gasteiger partial charge in [-0.05, 0) is 19.5 Å². The summed E-state index contributed by atoms with van der Waals surface area (Å²) in [5, 5.41) is 0. The van der Waals surface area contributed by atoms with Crippen molar-refractivity contribution < 1.29 is 9.53 Å². The Morgan fingerprint density at radius 2 is 2.11 bits per heavy atom. The summed E-state index contributed by atoms with van der Waals surface area (Å²) >= 11 is 3.42. The number of carbonyl (C=O) groups is 1. The van der Waals surface area contributed by atoms with E-state index in [-0.39, 0.29) is 5.78 Å². The van der Waals surface area contributed by atoms with E-state index in [2.05, 4.69) is 34.7 Å². The molecule has 1 aromatic carbocycles. The lowest BCUT2D eigenvalue weighted by molar-refractivity contribution is 0.0872. The number of carbonyl (C=O) groups excluding carboxylic acids is 1. The van der Waals surface area contributed by atoms with Crippen molar-refractivity contribution in [2.24, 2.45) is 0 Å². The van der Waals surface area contributed by atoms with E-state index in [9.17, 15) is 4.79 Å². The van der Waals surface area contributed by atoms with Crippen molar-refractivity contribution in [1.29, 1.82) is 0 Å². The van der Waals surface area contributed by atoms with E-state index in [1.54, 1.807) is 7.11 Å². The Hall–Kier alpha value is -0.710. The van der Waals surface area contributed by atoms with Gasteiger partial charge in [-0.2, -0.15) is 0 Å². The second-order valence-electron chi connectivity index (χ2n) is 4.59. The van der Waals surface area contributed by atoms with Gasteiger partial charge >= 0.3 is 0 Å². The molecule has 0 spiro atoms. The summed E-state index contributed by atoms with van der Waals surface area (Å²) in [5.74, 6) is 0.176. The van der Waals surface area contributed by atoms with Gasteiger partial charge in [0.05, 0.1) is 6.61 Å². The molecule has 106 valence electrons. The van der Waals surface area contributed by atoms with Crippen LogP contribution in [0.25, 0.3) is 0 Å². The van der Waals surface area contributed by atoms with E-state index in [1.807, 2.05) is 24.3 Å². The van der Waals surface area contributed by atoms with Gasteiger partial charge in [0.1, 0.15) is 0 Å². The second-order valence-corrected chi connectivity index (χ2v) is 5.44. The molecule has 0 radical (unpaired) electrons. The van der Waals surface area contributed by atoms with Gasteiger partial charge in [0.25, 0.3) is 0 Å². The van der Waals surface area contributed by atoms with Gasteiger partial charge < -0.3 is 4.74 Å². The Kier molecular flexibility index (Phi) is 7.28. The fraction of sp³-hybridized carbons (Fsp3) is 0.533. The van der Waals surface area contributed by atoms with Crippen LogP contribution in [0.4, 0.5) is 0 Å². The number of nitrogens with zero attached hydrogens (tertiary/aromatic N) is 1. The summed E-state index contributed by atoms with van der Waals surface area (Å²) in [4.78, 5) is 14.4. The van der Waals surface area contributed by atoms with E-state index in [0.717, 1.165) is 23.1 Å². The third kappa shape index (κ3) is 5.05. The quantitative estimate of drug-likeness (QED) is 0.685. The van der Waals surface area contributed by atoms with Crippen molar-refractivity contribution in [1.82, 2.24) is 4.90 Å². The van der Waals surface area contributed by atoms with Crippen LogP contribution in [0.3, 0.4) is 0 Å². The number of methoxy groups -OCH3 is 1. The summed E-state index contributed by atoms with van der Waals surface area (Å²) in [6.07, 6.45) is 0.532. The number of rotatable bonds is 8. The average molecular weight is 328 g/mol. The van der Waals surface area contributed by atoms with Crippen LogP contribution in [-0.2, 0) is 4.74 Å². The lowest BCUT2D eigenvalue weighted by Crippen LogP contribution is -2.37. The molecule has 0 aliphatic carbocycles. The van der Waals surface area contributed by atoms with Crippen molar-refractivity contribution in [2.45, 2.75) is 26.3 Å². The third-order valence-electron chi connectivity index (χ3n) is 3.24. The normalized spacial score (nSPS) is 12.7. The van der Waals surface area contributed by atoms with Gasteiger partial charge in [-0.1, -0.05) is 41.1 Å². The first-order valence-electron chi connectivity index (χ1n) is 6.60. The minimum Gasteiger partial charge on any atom is -0.383 e. The third-order valence-corrected chi connectivity index (χ3v) is 3.93. The van der Waals surface area contributed by atoms with Crippen LogP contribution in [0.5, 0.6) is 0 Å². The predicted molar refractivity (Wildman–Crippen MR) is 81.7 cm³/mol. The minimum atomic E-state index is 0.176. The topological polar surface area (TPSA) is 29.5 Å². The molecule has 0 aliphatic heterocycles. The smallest absolute Gasteiger partial charge is 0.165 e. The van der Waals surface area contributed by atoms with Crippen molar-refractivity contribution >= 4 is 21.7 Å². The molecule has 19 heavy (non-hydrogen) atoms. The number of ketones is 1. The highest BCUT2D eigenvalue weighted by Gasteiger charge is 2.15. The fourth-order valence-corrected chi connectivity index (χ4v) is 2.61. The van der Waals surface area contributed by atoms with E-state index in [1.165, 1.54) is 0 Å². The number of likely N-dealkylation sites (N-methyl/N-ethyl adjacent to an activating group) is 1.